The average Bonchev–Trinajstić information content (AvgIpc) is 2.59. The third kappa shape index (κ3) is 1.76. The van der Waals surface area contributed by atoms with Gasteiger partial charge in [0.2, 0.25) is 0 Å². The normalized spacial score (nSPS) is 37.6. The van der Waals surface area contributed by atoms with Gasteiger partial charge in [0.1, 0.15) is 5.60 Å². The maximum atomic E-state index is 10.7. The second-order valence-electron chi connectivity index (χ2n) is 5.12. The number of pyridine rings is 1. The molecule has 2 bridgehead atoms. The molecule has 2 fully saturated rings. The minimum Gasteiger partial charge on any atom is -0.383 e. The molecule has 3 rings (SSSR count). The summed E-state index contributed by atoms with van der Waals surface area (Å²) in [5, 5.41) is 12.0. The lowest BCUT2D eigenvalue weighted by Crippen LogP contribution is -2.35. The lowest BCUT2D eigenvalue weighted by atomic mass is 9.89. The zero-order valence-corrected chi connectivity index (χ0v) is 10.3. The zero-order chi connectivity index (χ0) is 11.2. The fourth-order valence-corrected chi connectivity index (χ4v) is 4.70. The maximum absolute atomic E-state index is 10.7. The van der Waals surface area contributed by atoms with E-state index in [2.05, 4.69) is 16.7 Å². The van der Waals surface area contributed by atoms with Gasteiger partial charge in [-0.15, -0.1) is 0 Å². The van der Waals surface area contributed by atoms with Crippen LogP contribution in [0.1, 0.15) is 36.9 Å². The number of thioether (sulfide) groups is 1. The molecule has 0 saturated carbocycles. The van der Waals surface area contributed by atoms with Gasteiger partial charge in [-0.3, -0.25) is 4.98 Å². The lowest BCUT2D eigenvalue weighted by molar-refractivity contribution is 0.0153. The Morgan fingerprint density at radius 2 is 2.00 bits per heavy atom. The summed E-state index contributed by atoms with van der Waals surface area (Å²) in [6.45, 7) is 2.03. The minimum absolute atomic E-state index is 0.645. The highest BCUT2D eigenvalue weighted by Crippen LogP contribution is 2.50. The summed E-state index contributed by atoms with van der Waals surface area (Å²) in [6.07, 6.45) is 6.15. The molecule has 3 heterocycles. The Balaban J connectivity index is 1.90. The van der Waals surface area contributed by atoms with E-state index in [0.29, 0.717) is 10.5 Å². The van der Waals surface area contributed by atoms with E-state index in [-0.39, 0.29) is 0 Å². The quantitative estimate of drug-likeness (QED) is 0.812. The highest BCUT2D eigenvalue weighted by molar-refractivity contribution is 8.00. The Kier molecular flexibility index (Phi) is 2.48. The van der Waals surface area contributed by atoms with Crippen LogP contribution in [0.3, 0.4) is 0 Å². The van der Waals surface area contributed by atoms with Gasteiger partial charge < -0.3 is 5.11 Å². The molecule has 1 aromatic rings. The van der Waals surface area contributed by atoms with Gasteiger partial charge in [0, 0.05) is 16.7 Å². The van der Waals surface area contributed by atoms with Gasteiger partial charge in [-0.25, -0.2) is 0 Å². The first-order valence-corrected chi connectivity index (χ1v) is 6.91. The van der Waals surface area contributed by atoms with Crippen LogP contribution in [0.4, 0.5) is 0 Å². The monoisotopic (exact) mass is 235 g/mol. The van der Waals surface area contributed by atoms with Crippen LogP contribution >= 0.6 is 11.8 Å². The molecule has 2 aliphatic rings. The Hall–Kier alpha value is -0.540. The van der Waals surface area contributed by atoms with Crippen molar-refractivity contribution in [1.29, 1.82) is 0 Å². The maximum Gasteiger partial charge on any atom is 0.109 e. The van der Waals surface area contributed by atoms with Crippen LogP contribution in [0.2, 0.25) is 0 Å². The first-order chi connectivity index (χ1) is 7.66. The number of rotatable bonds is 1. The van der Waals surface area contributed by atoms with E-state index >= 15 is 0 Å². The molecule has 0 aromatic carbocycles. The molecule has 86 valence electrons. The van der Waals surface area contributed by atoms with Crippen molar-refractivity contribution in [2.24, 2.45) is 0 Å². The van der Waals surface area contributed by atoms with Crippen molar-refractivity contribution in [3.05, 3.63) is 29.6 Å². The largest absolute Gasteiger partial charge is 0.383 e. The van der Waals surface area contributed by atoms with Crippen LogP contribution in [0.25, 0.3) is 0 Å². The van der Waals surface area contributed by atoms with Crippen molar-refractivity contribution < 1.29 is 5.11 Å². The molecule has 16 heavy (non-hydrogen) atoms. The Morgan fingerprint density at radius 3 is 2.56 bits per heavy atom. The molecular formula is C13H17NOS. The number of nitrogens with zero attached hydrogens (tertiary/aromatic N) is 1. The standard InChI is InChI=1S/C13H17NOS/c1-9-2-5-12(14-8-9)13(15)6-10-3-4-11(7-13)16-10/h2,5,8,10-11,15H,3-4,6-7H2,1H3. The van der Waals surface area contributed by atoms with Gasteiger partial charge in [-0.2, -0.15) is 11.8 Å². The van der Waals surface area contributed by atoms with Gasteiger partial charge in [0.25, 0.3) is 0 Å². The first-order valence-electron chi connectivity index (χ1n) is 5.97. The predicted octanol–water partition coefficient (Wildman–Crippen LogP) is 2.64. The molecule has 0 aliphatic carbocycles. The molecule has 0 amide bonds. The van der Waals surface area contributed by atoms with Crippen molar-refractivity contribution in [2.75, 3.05) is 0 Å². The van der Waals surface area contributed by atoms with Crippen LogP contribution < -0.4 is 0 Å². The summed E-state index contributed by atoms with van der Waals surface area (Å²) >= 11 is 2.06. The number of aliphatic hydroxyl groups is 1. The molecule has 2 aliphatic heterocycles. The van der Waals surface area contributed by atoms with E-state index in [1.807, 2.05) is 25.3 Å². The van der Waals surface area contributed by atoms with Crippen molar-refractivity contribution in [3.8, 4) is 0 Å². The van der Waals surface area contributed by atoms with E-state index in [0.717, 1.165) is 24.1 Å². The number of fused-ring (bicyclic) bond motifs is 2. The second-order valence-corrected chi connectivity index (χ2v) is 6.72. The molecule has 2 saturated heterocycles. The zero-order valence-electron chi connectivity index (χ0n) is 9.52. The number of aryl methyl sites for hydroxylation is 1. The highest BCUT2D eigenvalue weighted by atomic mass is 32.2. The van der Waals surface area contributed by atoms with E-state index in [1.165, 1.54) is 12.8 Å². The van der Waals surface area contributed by atoms with E-state index in [4.69, 9.17) is 0 Å². The summed E-state index contributed by atoms with van der Waals surface area (Å²) in [5.74, 6) is 0. The topological polar surface area (TPSA) is 33.1 Å². The second kappa shape index (κ2) is 3.74. The SMILES string of the molecule is Cc1ccc(C2(O)CC3CCC(C2)S3)nc1. The summed E-state index contributed by atoms with van der Waals surface area (Å²) in [6, 6.07) is 4.04. The summed E-state index contributed by atoms with van der Waals surface area (Å²) in [7, 11) is 0. The third-order valence-electron chi connectivity index (χ3n) is 3.71. The van der Waals surface area contributed by atoms with Crippen LogP contribution in [-0.4, -0.2) is 20.6 Å². The number of hydrogen-bond acceptors (Lipinski definition) is 3. The van der Waals surface area contributed by atoms with E-state index in [1.54, 1.807) is 0 Å². The Bertz CT molecular complexity index is 377. The van der Waals surface area contributed by atoms with Crippen molar-refractivity contribution in [3.63, 3.8) is 0 Å². The molecular weight excluding hydrogens is 218 g/mol. The molecule has 2 unspecified atom stereocenters. The molecule has 0 spiro atoms. The van der Waals surface area contributed by atoms with Crippen molar-refractivity contribution in [2.45, 2.75) is 48.7 Å². The predicted molar refractivity (Wildman–Crippen MR) is 66.5 cm³/mol. The fraction of sp³-hybridized carbons (Fsp3) is 0.615. The van der Waals surface area contributed by atoms with Crippen LogP contribution in [-0.2, 0) is 5.60 Å². The number of hydrogen-bond donors (Lipinski definition) is 1. The molecule has 3 heteroatoms. The molecule has 1 aromatic heterocycles. The lowest BCUT2D eigenvalue weighted by Gasteiger charge is -2.35. The van der Waals surface area contributed by atoms with Crippen molar-refractivity contribution in [1.82, 2.24) is 4.98 Å². The molecule has 0 radical (unpaired) electrons. The van der Waals surface area contributed by atoms with Gasteiger partial charge >= 0.3 is 0 Å². The van der Waals surface area contributed by atoms with Gasteiger partial charge in [0.15, 0.2) is 0 Å². The summed E-state index contributed by atoms with van der Waals surface area (Å²) in [4.78, 5) is 4.41. The Morgan fingerprint density at radius 1 is 1.31 bits per heavy atom. The highest BCUT2D eigenvalue weighted by Gasteiger charge is 2.44. The van der Waals surface area contributed by atoms with Crippen LogP contribution in [0.15, 0.2) is 18.3 Å². The molecule has 1 N–H and O–H groups in total. The van der Waals surface area contributed by atoms with E-state index < -0.39 is 5.60 Å². The Labute approximate surface area is 100 Å². The van der Waals surface area contributed by atoms with Gasteiger partial charge in [-0.1, -0.05) is 6.07 Å². The van der Waals surface area contributed by atoms with Crippen molar-refractivity contribution >= 4 is 11.8 Å². The fourth-order valence-electron chi connectivity index (χ4n) is 2.87. The third-order valence-corrected chi connectivity index (χ3v) is 5.29. The average molecular weight is 235 g/mol. The summed E-state index contributed by atoms with van der Waals surface area (Å²) < 4.78 is 0. The number of aromatic nitrogens is 1. The minimum atomic E-state index is -0.662. The van der Waals surface area contributed by atoms with Crippen LogP contribution in [0, 0.1) is 6.92 Å². The van der Waals surface area contributed by atoms with Gasteiger partial charge in [-0.05, 0) is 44.2 Å². The molecule has 2 atom stereocenters. The smallest absolute Gasteiger partial charge is 0.109 e. The summed E-state index contributed by atoms with van der Waals surface area (Å²) in [5.41, 5.74) is 1.36. The van der Waals surface area contributed by atoms with Gasteiger partial charge in [0.05, 0.1) is 5.69 Å². The van der Waals surface area contributed by atoms with E-state index in [9.17, 15) is 5.11 Å². The van der Waals surface area contributed by atoms with Crippen LogP contribution in [0.5, 0.6) is 0 Å². The first kappa shape index (κ1) is 10.6. The molecule has 2 nitrogen and oxygen atoms in total.